The zero-order valence-corrected chi connectivity index (χ0v) is 21.2. The van der Waals surface area contributed by atoms with Crippen molar-refractivity contribution in [2.75, 3.05) is 62.7 Å². The van der Waals surface area contributed by atoms with E-state index in [1.807, 2.05) is 7.11 Å². The van der Waals surface area contributed by atoms with Gasteiger partial charge in [0.2, 0.25) is 0 Å². The van der Waals surface area contributed by atoms with Crippen LogP contribution in [-0.4, -0.2) is 63.9 Å². The maximum Gasteiger partial charge on any atom is 0.0746 e. The Kier molecular flexibility index (Phi) is 8.04. The molecule has 4 rings (SSSR count). The highest BCUT2D eigenvalue weighted by Gasteiger charge is 2.31. The van der Waals surface area contributed by atoms with Gasteiger partial charge in [-0.3, -0.25) is 4.90 Å². The Labute approximate surface area is 197 Å². The molecule has 2 saturated heterocycles. The fourth-order valence-electron chi connectivity index (χ4n) is 6.02. The van der Waals surface area contributed by atoms with E-state index < -0.39 is 0 Å². The van der Waals surface area contributed by atoms with Gasteiger partial charge < -0.3 is 14.5 Å². The number of anilines is 2. The van der Waals surface area contributed by atoms with Crippen molar-refractivity contribution in [2.45, 2.75) is 84.2 Å². The topological polar surface area (TPSA) is 19.0 Å². The molecule has 2 heterocycles. The van der Waals surface area contributed by atoms with E-state index in [9.17, 15) is 0 Å². The molecule has 3 aliphatic rings. The molecule has 4 nitrogen and oxygen atoms in total. The van der Waals surface area contributed by atoms with Crippen molar-refractivity contribution in [3.8, 4) is 0 Å². The van der Waals surface area contributed by atoms with E-state index in [1.54, 1.807) is 5.56 Å². The number of ether oxygens (including phenoxy) is 1. The fourth-order valence-corrected chi connectivity index (χ4v) is 6.02. The molecule has 1 aromatic carbocycles. The van der Waals surface area contributed by atoms with E-state index in [2.05, 4.69) is 53.7 Å². The molecule has 32 heavy (non-hydrogen) atoms. The predicted octanol–water partition coefficient (Wildman–Crippen LogP) is 5.91. The number of rotatable bonds is 7. The quantitative estimate of drug-likeness (QED) is 0.524. The standard InChI is InChI=1S/C28H47N3O/c1-5-6-15-29-17-19-30(20-18-29)27-10-9-24(31-16-7-8-25(22-31)32-4)21-26(27)23-11-13-28(2,3)14-12-23/h9-10,21,23,25H,5-8,11-20,22H2,1-4H3/t25-/m0/s1. The van der Waals surface area contributed by atoms with Crippen LogP contribution in [0, 0.1) is 5.41 Å². The van der Waals surface area contributed by atoms with Crippen LogP contribution in [0.4, 0.5) is 11.4 Å². The summed E-state index contributed by atoms with van der Waals surface area (Å²) in [6.07, 6.45) is 10.8. The lowest BCUT2D eigenvalue weighted by molar-refractivity contribution is 0.0893. The first-order valence-corrected chi connectivity index (χ1v) is 13.4. The van der Waals surface area contributed by atoms with Gasteiger partial charge in [-0.15, -0.1) is 0 Å². The van der Waals surface area contributed by atoms with Crippen molar-refractivity contribution in [1.29, 1.82) is 0 Å². The number of methoxy groups -OCH3 is 1. The number of nitrogens with zero attached hydrogens (tertiary/aromatic N) is 3. The van der Waals surface area contributed by atoms with Crippen molar-refractivity contribution in [3.63, 3.8) is 0 Å². The number of piperazine rings is 1. The summed E-state index contributed by atoms with van der Waals surface area (Å²) in [5.74, 6) is 0.708. The summed E-state index contributed by atoms with van der Waals surface area (Å²) in [6, 6.07) is 7.43. The molecule has 2 aliphatic heterocycles. The zero-order valence-electron chi connectivity index (χ0n) is 21.2. The molecule has 0 aromatic heterocycles. The lowest BCUT2D eigenvalue weighted by atomic mass is 9.71. The second-order valence-electron chi connectivity index (χ2n) is 11.3. The van der Waals surface area contributed by atoms with Crippen molar-refractivity contribution >= 4 is 11.4 Å². The van der Waals surface area contributed by atoms with Crippen molar-refractivity contribution in [3.05, 3.63) is 23.8 Å². The van der Waals surface area contributed by atoms with Gasteiger partial charge in [0.25, 0.3) is 0 Å². The average molecular weight is 442 g/mol. The summed E-state index contributed by atoms with van der Waals surface area (Å²) >= 11 is 0. The van der Waals surface area contributed by atoms with Gasteiger partial charge in [0.15, 0.2) is 0 Å². The van der Waals surface area contributed by atoms with Gasteiger partial charge in [0.05, 0.1) is 6.10 Å². The molecule has 4 heteroatoms. The molecule has 0 N–H and O–H groups in total. The van der Waals surface area contributed by atoms with Gasteiger partial charge in [-0.05, 0) is 86.6 Å². The van der Waals surface area contributed by atoms with Crippen molar-refractivity contribution < 1.29 is 4.74 Å². The second kappa shape index (κ2) is 10.8. The maximum atomic E-state index is 5.71. The average Bonchev–Trinajstić information content (AvgIpc) is 2.83. The highest BCUT2D eigenvalue weighted by Crippen LogP contribution is 2.46. The first kappa shape index (κ1) is 23.9. The Bertz CT molecular complexity index is 715. The normalized spacial score (nSPS) is 25.3. The van der Waals surface area contributed by atoms with Gasteiger partial charge in [0, 0.05) is 57.8 Å². The zero-order chi connectivity index (χ0) is 22.6. The minimum absolute atomic E-state index is 0.374. The number of hydrogen-bond acceptors (Lipinski definition) is 4. The largest absolute Gasteiger partial charge is 0.380 e. The Morgan fingerprint density at radius 1 is 0.969 bits per heavy atom. The summed E-state index contributed by atoms with van der Waals surface area (Å²) in [4.78, 5) is 7.92. The van der Waals surface area contributed by atoms with Crippen molar-refractivity contribution in [1.82, 2.24) is 4.90 Å². The third-order valence-electron chi connectivity index (χ3n) is 8.41. The highest BCUT2D eigenvalue weighted by atomic mass is 16.5. The molecule has 180 valence electrons. The molecular weight excluding hydrogens is 394 g/mol. The summed E-state index contributed by atoms with van der Waals surface area (Å²) < 4.78 is 5.71. The van der Waals surface area contributed by atoms with E-state index in [1.165, 1.54) is 95.5 Å². The van der Waals surface area contributed by atoms with E-state index in [-0.39, 0.29) is 0 Å². The maximum absolute atomic E-state index is 5.71. The molecule has 0 radical (unpaired) electrons. The van der Waals surface area contributed by atoms with Gasteiger partial charge >= 0.3 is 0 Å². The molecule has 3 fully saturated rings. The summed E-state index contributed by atoms with van der Waals surface area (Å²) in [6.45, 7) is 15.4. The van der Waals surface area contributed by atoms with Gasteiger partial charge in [-0.25, -0.2) is 0 Å². The molecule has 0 spiro atoms. The summed E-state index contributed by atoms with van der Waals surface area (Å²) in [7, 11) is 1.87. The van der Waals surface area contributed by atoms with Crippen LogP contribution >= 0.6 is 0 Å². The lowest BCUT2D eigenvalue weighted by Gasteiger charge is -2.41. The Morgan fingerprint density at radius 2 is 1.72 bits per heavy atom. The molecular formula is C28H47N3O. The van der Waals surface area contributed by atoms with Gasteiger partial charge in [-0.2, -0.15) is 0 Å². The molecule has 1 aromatic rings. The third kappa shape index (κ3) is 5.80. The van der Waals surface area contributed by atoms with Crippen LogP contribution < -0.4 is 9.80 Å². The van der Waals surface area contributed by atoms with Crippen molar-refractivity contribution in [2.24, 2.45) is 5.41 Å². The fraction of sp³-hybridized carbons (Fsp3) is 0.786. The first-order valence-electron chi connectivity index (χ1n) is 13.4. The minimum atomic E-state index is 0.374. The van der Waals surface area contributed by atoms with Crippen LogP contribution in [0.25, 0.3) is 0 Å². The van der Waals surface area contributed by atoms with Crippen LogP contribution in [0.3, 0.4) is 0 Å². The third-order valence-corrected chi connectivity index (χ3v) is 8.41. The van der Waals surface area contributed by atoms with E-state index in [0.29, 0.717) is 17.4 Å². The van der Waals surface area contributed by atoms with E-state index >= 15 is 0 Å². The number of unbranched alkanes of at least 4 members (excludes halogenated alkanes) is 1. The predicted molar refractivity (Wildman–Crippen MR) is 137 cm³/mol. The molecule has 0 unspecified atom stereocenters. The molecule has 1 aliphatic carbocycles. The second-order valence-corrected chi connectivity index (χ2v) is 11.3. The summed E-state index contributed by atoms with van der Waals surface area (Å²) in [5.41, 5.74) is 5.07. The Hall–Kier alpha value is -1.26. The van der Waals surface area contributed by atoms with Crippen LogP contribution in [-0.2, 0) is 4.74 Å². The minimum Gasteiger partial charge on any atom is -0.380 e. The number of benzene rings is 1. The van der Waals surface area contributed by atoms with Gasteiger partial charge in [-0.1, -0.05) is 27.2 Å². The molecule has 0 bridgehead atoms. The van der Waals surface area contributed by atoms with Crippen LogP contribution in [0.2, 0.25) is 0 Å². The van der Waals surface area contributed by atoms with Crippen LogP contribution in [0.5, 0.6) is 0 Å². The van der Waals surface area contributed by atoms with Crippen LogP contribution in [0.1, 0.15) is 83.6 Å². The Balaban J connectivity index is 1.54. The molecule has 0 amide bonds. The monoisotopic (exact) mass is 441 g/mol. The number of hydrogen-bond donors (Lipinski definition) is 0. The SMILES string of the molecule is CCCCN1CCN(c2ccc(N3CCC[C@H](OC)C3)cc2C2CCC(C)(C)CC2)CC1. The van der Waals surface area contributed by atoms with E-state index in [4.69, 9.17) is 4.74 Å². The van der Waals surface area contributed by atoms with Crippen LogP contribution in [0.15, 0.2) is 18.2 Å². The molecule has 1 atom stereocenters. The number of piperidine rings is 1. The first-order chi connectivity index (χ1) is 15.5. The highest BCUT2D eigenvalue weighted by molar-refractivity contribution is 5.63. The Morgan fingerprint density at radius 3 is 2.41 bits per heavy atom. The lowest BCUT2D eigenvalue weighted by Crippen LogP contribution is -2.47. The molecule has 1 saturated carbocycles. The van der Waals surface area contributed by atoms with E-state index in [0.717, 1.165) is 13.1 Å². The smallest absolute Gasteiger partial charge is 0.0746 e. The summed E-state index contributed by atoms with van der Waals surface area (Å²) in [5, 5.41) is 0. The van der Waals surface area contributed by atoms with Gasteiger partial charge in [0.1, 0.15) is 0 Å².